The molecule has 0 amide bonds. The Bertz CT molecular complexity index is 1340. The second-order valence-electron chi connectivity index (χ2n) is 6.73. The van der Waals surface area contributed by atoms with E-state index in [1.807, 2.05) is 17.5 Å². The van der Waals surface area contributed by atoms with Gasteiger partial charge in [-0.05, 0) is 59.5 Å². The van der Waals surface area contributed by atoms with Crippen molar-refractivity contribution in [2.45, 2.75) is 0 Å². The van der Waals surface area contributed by atoms with E-state index in [2.05, 4.69) is 4.98 Å². The lowest BCUT2D eigenvalue weighted by atomic mass is 10.1. The Kier molecular flexibility index (Phi) is 4.30. The molecular weight excluding hydrogens is 398 g/mol. The van der Waals surface area contributed by atoms with E-state index >= 15 is 0 Å². The summed E-state index contributed by atoms with van der Waals surface area (Å²) in [6.45, 7) is 0. The highest BCUT2D eigenvalue weighted by Gasteiger charge is 2.18. The van der Waals surface area contributed by atoms with Gasteiger partial charge in [0.15, 0.2) is 11.4 Å². The number of phenols is 1. The molecule has 3 heterocycles. The van der Waals surface area contributed by atoms with Gasteiger partial charge < -0.3 is 10.2 Å². The Morgan fingerprint density at radius 1 is 0.967 bits per heavy atom. The number of phenolic OH excluding ortho intramolecular Hbond substituents is 1. The van der Waals surface area contributed by atoms with Gasteiger partial charge >= 0.3 is 0 Å². The van der Waals surface area contributed by atoms with Crippen LogP contribution in [0.1, 0.15) is 5.69 Å². The summed E-state index contributed by atoms with van der Waals surface area (Å²) in [6.07, 6.45) is 9.76. The van der Waals surface area contributed by atoms with Crippen molar-refractivity contribution in [3.8, 4) is 33.5 Å². The number of benzene rings is 1. The molecule has 7 heteroatoms. The zero-order chi connectivity index (χ0) is 20.7. The third kappa shape index (κ3) is 3.21. The molecular formula is C23H15N3O3S. The second kappa shape index (κ2) is 7.13. The van der Waals surface area contributed by atoms with Crippen LogP contribution in [-0.2, 0) is 4.79 Å². The zero-order valence-corrected chi connectivity index (χ0v) is 16.4. The minimum Gasteiger partial charge on any atom is -0.508 e. The molecule has 0 saturated heterocycles. The predicted molar refractivity (Wildman–Crippen MR) is 116 cm³/mol. The van der Waals surface area contributed by atoms with Crippen molar-refractivity contribution < 1.29 is 15.0 Å². The fourth-order valence-electron chi connectivity index (χ4n) is 3.22. The normalized spacial score (nSPS) is 13.3. The van der Waals surface area contributed by atoms with Gasteiger partial charge in [-0.25, -0.2) is 9.97 Å². The molecule has 0 spiro atoms. The lowest BCUT2D eigenvalue weighted by molar-refractivity contribution is -0.110. The zero-order valence-electron chi connectivity index (χ0n) is 15.6. The Labute approximate surface area is 175 Å². The van der Waals surface area contributed by atoms with E-state index in [4.69, 9.17) is 4.98 Å². The first-order valence-corrected chi connectivity index (χ1v) is 10.0. The van der Waals surface area contributed by atoms with Crippen LogP contribution in [0.15, 0.2) is 77.9 Å². The van der Waals surface area contributed by atoms with E-state index in [0.29, 0.717) is 22.7 Å². The topological polar surface area (TPSA) is 87.7 Å². The third-order valence-corrected chi connectivity index (χ3v) is 5.58. The predicted octanol–water partition coefficient (Wildman–Crippen LogP) is 4.61. The SMILES string of the molecule is O=C1C=CC(=Cc2nc3c(-c4cccs4)nc(-c4ccc(O)cc4)cn3c2O)C=C1. The minimum atomic E-state index is -0.0749. The van der Waals surface area contributed by atoms with Crippen LogP contribution in [0.3, 0.4) is 0 Å². The highest BCUT2D eigenvalue weighted by Crippen LogP contribution is 2.34. The van der Waals surface area contributed by atoms with Crippen LogP contribution in [0.5, 0.6) is 11.6 Å². The molecule has 0 unspecified atom stereocenters. The summed E-state index contributed by atoms with van der Waals surface area (Å²) in [6, 6.07) is 10.6. The molecule has 0 radical (unpaired) electrons. The van der Waals surface area contributed by atoms with Crippen molar-refractivity contribution in [3.63, 3.8) is 0 Å². The summed E-state index contributed by atoms with van der Waals surface area (Å²) in [7, 11) is 0. The molecule has 3 aromatic heterocycles. The molecule has 1 aromatic carbocycles. The molecule has 0 fully saturated rings. The summed E-state index contributed by atoms with van der Waals surface area (Å²) >= 11 is 1.54. The van der Waals surface area contributed by atoms with Crippen LogP contribution in [0.4, 0.5) is 0 Å². The van der Waals surface area contributed by atoms with Crippen molar-refractivity contribution in [3.05, 3.63) is 83.5 Å². The van der Waals surface area contributed by atoms with Crippen molar-refractivity contribution in [2.24, 2.45) is 0 Å². The van der Waals surface area contributed by atoms with E-state index in [9.17, 15) is 15.0 Å². The Morgan fingerprint density at radius 2 is 1.73 bits per heavy atom. The number of rotatable bonds is 3. The number of aromatic hydroxyl groups is 2. The van der Waals surface area contributed by atoms with E-state index in [1.54, 1.807) is 53.1 Å². The van der Waals surface area contributed by atoms with Crippen LogP contribution in [-0.4, -0.2) is 30.4 Å². The average Bonchev–Trinajstić information content (AvgIpc) is 3.39. The van der Waals surface area contributed by atoms with Crippen LogP contribution < -0.4 is 0 Å². The number of carbonyl (C=O) groups excluding carboxylic acids is 1. The third-order valence-electron chi connectivity index (χ3n) is 4.71. The molecule has 0 bridgehead atoms. The van der Waals surface area contributed by atoms with Crippen LogP contribution in [0.2, 0.25) is 0 Å². The first-order valence-electron chi connectivity index (χ1n) is 9.16. The van der Waals surface area contributed by atoms with E-state index in [1.165, 1.54) is 23.5 Å². The van der Waals surface area contributed by atoms with Crippen LogP contribution >= 0.6 is 11.3 Å². The Balaban J connectivity index is 1.72. The summed E-state index contributed by atoms with van der Waals surface area (Å²) < 4.78 is 1.61. The van der Waals surface area contributed by atoms with Crippen molar-refractivity contribution >= 4 is 28.8 Å². The lowest BCUT2D eigenvalue weighted by Crippen LogP contribution is -1.95. The number of allylic oxidation sites excluding steroid dienone is 5. The van der Waals surface area contributed by atoms with Crippen molar-refractivity contribution in [2.75, 3.05) is 0 Å². The highest BCUT2D eigenvalue weighted by atomic mass is 32.1. The first-order chi connectivity index (χ1) is 14.6. The van der Waals surface area contributed by atoms with Gasteiger partial charge in [0.1, 0.15) is 17.1 Å². The van der Waals surface area contributed by atoms with Crippen LogP contribution in [0, 0.1) is 0 Å². The maximum atomic E-state index is 11.3. The van der Waals surface area contributed by atoms with Crippen LogP contribution in [0.25, 0.3) is 33.6 Å². The van der Waals surface area contributed by atoms with Gasteiger partial charge in [0, 0.05) is 11.8 Å². The molecule has 0 aliphatic heterocycles. The summed E-state index contributed by atoms with van der Waals surface area (Å²) in [5.74, 6) is 0.0790. The number of thiophene rings is 1. The average molecular weight is 413 g/mol. The Morgan fingerprint density at radius 3 is 2.43 bits per heavy atom. The quantitative estimate of drug-likeness (QED) is 0.512. The van der Waals surface area contributed by atoms with Gasteiger partial charge in [-0.2, -0.15) is 0 Å². The number of ketones is 1. The molecule has 146 valence electrons. The van der Waals surface area contributed by atoms with E-state index in [0.717, 1.165) is 16.0 Å². The molecule has 2 N–H and O–H groups in total. The van der Waals surface area contributed by atoms with E-state index < -0.39 is 0 Å². The monoisotopic (exact) mass is 413 g/mol. The largest absolute Gasteiger partial charge is 0.508 e. The minimum absolute atomic E-state index is 0.0172. The molecule has 30 heavy (non-hydrogen) atoms. The molecule has 0 atom stereocenters. The van der Waals surface area contributed by atoms with Crippen molar-refractivity contribution in [1.29, 1.82) is 0 Å². The second-order valence-corrected chi connectivity index (χ2v) is 7.67. The number of imidazole rings is 1. The summed E-state index contributed by atoms with van der Waals surface area (Å²) in [4.78, 5) is 21.7. The smallest absolute Gasteiger partial charge is 0.223 e. The molecule has 4 aromatic rings. The molecule has 0 saturated carbocycles. The highest BCUT2D eigenvalue weighted by molar-refractivity contribution is 7.13. The van der Waals surface area contributed by atoms with Gasteiger partial charge in [-0.1, -0.05) is 18.2 Å². The van der Waals surface area contributed by atoms with Gasteiger partial charge in [-0.15, -0.1) is 11.3 Å². The fraction of sp³-hybridized carbons (Fsp3) is 0. The number of hydrogen-bond acceptors (Lipinski definition) is 6. The summed E-state index contributed by atoms with van der Waals surface area (Å²) in [5.41, 5.74) is 3.77. The first kappa shape index (κ1) is 18.1. The number of aromatic nitrogens is 3. The van der Waals surface area contributed by atoms with Gasteiger partial charge in [0.25, 0.3) is 0 Å². The number of hydrogen-bond donors (Lipinski definition) is 2. The molecule has 5 rings (SSSR count). The number of nitrogens with zero attached hydrogens (tertiary/aromatic N) is 3. The van der Waals surface area contributed by atoms with Gasteiger partial charge in [0.2, 0.25) is 5.88 Å². The molecule has 1 aliphatic carbocycles. The fourth-order valence-corrected chi connectivity index (χ4v) is 3.93. The van der Waals surface area contributed by atoms with Crippen molar-refractivity contribution in [1.82, 2.24) is 14.4 Å². The Hall–Kier alpha value is -3.97. The van der Waals surface area contributed by atoms with E-state index in [-0.39, 0.29) is 17.4 Å². The number of carbonyl (C=O) groups is 1. The maximum absolute atomic E-state index is 11.3. The molecule has 1 aliphatic rings. The lowest BCUT2D eigenvalue weighted by Gasteiger charge is -2.07. The standard InChI is InChI=1S/C23H15N3O3S/c27-16-7-3-14(4-8-16)12-18-23(29)26-13-19(15-5-9-17(28)10-6-15)24-21(22(26)25-18)20-2-1-11-30-20/h1-13,28-29H. The molecule has 6 nitrogen and oxygen atoms in total. The maximum Gasteiger partial charge on any atom is 0.223 e. The van der Waals surface area contributed by atoms with Gasteiger partial charge in [0.05, 0.1) is 10.6 Å². The number of fused-ring (bicyclic) bond motifs is 1. The summed E-state index contributed by atoms with van der Waals surface area (Å²) in [5, 5.41) is 22.4. The van der Waals surface area contributed by atoms with Gasteiger partial charge in [-0.3, -0.25) is 9.20 Å².